The number of likely N-dealkylation sites (N-methyl/N-ethyl adjacent to an activating group) is 1. The monoisotopic (exact) mass is 468 g/mol. The van der Waals surface area contributed by atoms with Gasteiger partial charge in [0.1, 0.15) is 5.75 Å². The Labute approximate surface area is 204 Å². The summed E-state index contributed by atoms with van der Waals surface area (Å²) in [5.41, 5.74) is 4.96. The summed E-state index contributed by atoms with van der Waals surface area (Å²) in [5.74, 6) is 0.433. The van der Waals surface area contributed by atoms with Gasteiger partial charge in [0.2, 0.25) is 0 Å². The highest BCUT2D eigenvalue weighted by Crippen LogP contribution is 2.39. The molecule has 35 heavy (non-hydrogen) atoms. The highest BCUT2D eigenvalue weighted by Gasteiger charge is 2.38. The third-order valence-electron chi connectivity index (χ3n) is 6.50. The van der Waals surface area contributed by atoms with Crippen LogP contribution in [0.4, 0.5) is 11.4 Å². The number of aryl methyl sites for hydroxylation is 2. The Bertz CT molecular complexity index is 1420. The quantitative estimate of drug-likeness (QED) is 0.458. The van der Waals surface area contributed by atoms with Crippen LogP contribution in [0.5, 0.6) is 5.75 Å². The minimum Gasteiger partial charge on any atom is -0.497 e. The van der Waals surface area contributed by atoms with Crippen LogP contribution in [0.1, 0.15) is 30.0 Å². The molecule has 5 rings (SSSR count). The number of anilines is 2. The van der Waals surface area contributed by atoms with Gasteiger partial charge in [-0.1, -0.05) is 35.9 Å². The number of amides is 1. The SMILES string of the molecule is CCN(C(=O)C1=NN(c2ccc(C)cc2)C(O)c2c1c1cc(OC)ccc1n2C)c1ccccc1. The fourth-order valence-electron chi connectivity index (χ4n) is 4.68. The van der Waals surface area contributed by atoms with Crippen LogP contribution in [-0.4, -0.2) is 34.9 Å². The minimum atomic E-state index is -1.07. The average molecular weight is 469 g/mol. The zero-order valence-electron chi connectivity index (χ0n) is 20.3. The summed E-state index contributed by atoms with van der Waals surface area (Å²) in [5, 5.41) is 18.6. The summed E-state index contributed by atoms with van der Waals surface area (Å²) in [6, 6.07) is 23.0. The smallest absolute Gasteiger partial charge is 0.279 e. The molecule has 3 aromatic carbocycles. The Morgan fingerprint density at radius 2 is 1.80 bits per heavy atom. The fraction of sp³-hybridized carbons (Fsp3) is 0.214. The average Bonchev–Trinajstić information content (AvgIpc) is 3.18. The Hall–Kier alpha value is -4.10. The van der Waals surface area contributed by atoms with Crippen LogP contribution in [0.3, 0.4) is 0 Å². The standard InChI is InChI=1S/C28H28N4O3/c1-5-31(19-9-7-6-8-10-19)27(33)25-24-22-17-21(35-4)15-16-23(22)30(3)26(24)28(34)32(29-25)20-13-11-18(2)12-14-20/h6-17,28,34H,5H2,1-4H3. The molecule has 1 aromatic heterocycles. The maximum atomic E-state index is 14.1. The second-order valence-corrected chi connectivity index (χ2v) is 8.59. The number of para-hydroxylation sites is 1. The van der Waals surface area contributed by atoms with Crippen molar-refractivity contribution in [2.24, 2.45) is 12.1 Å². The van der Waals surface area contributed by atoms with Crippen LogP contribution >= 0.6 is 0 Å². The summed E-state index contributed by atoms with van der Waals surface area (Å²) in [6.07, 6.45) is -1.07. The molecule has 7 nitrogen and oxygen atoms in total. The van der Waals surface area contributed by atoms with E-state index in [-0.39, 0.29) is 11.6 Å². The minimum absolute atomic E-state index is 0.237. The van der Waals surface area contributed by atoms with Crippen molar-refractivity contribution < 1.29 is 14.6 Å². The number of hydrazone groups is 1. The molecule has 1 aliphatic heterocycles. The van der Waals surface area contributed by atoms with E-state index in [1.807, 2.05) is 98.3 Å². The number of fused-ring (bicyclic) bond motifs is 3. The van der Waals surface area contributed by atoms with Crippen LogP contribution in [0.2, 0.25) is 0 Å². The molecule has 7 heteroatoms. The Kier molecular flexibility index (Phi) is 5.78. The summed E-state index contributed by atoms with van der Waals surface area (Å²) >= 11 is 0. The first kappa shape index (κ1) is 22.7. The first-order valence-electron chi connectivity index (χ1n) is 11.6. The predicted molar refractivity (Wildman–Crippen MR) is 139 cm³/mol. The number of aliphatic hydroxyl groups excluding tert-OH is 1. The number of benzene rings is 3. The van der Waals surface area contributed by atoms with E-state index in [2.05, 4.69) is 0 Å². The van der Waals surface area contributed by atoms with Gasteiger partial charge >= 0.3 is 0 Å². The molecular formula is C28H28N4O3. The van der Waals surface area contributed by atoms with Gasteiger partial charge in [0, 0.05) is 35.7 Å². The van der Waals surface area contributed by atoms with Crippen molar-refractivity contribution in [3.8, 4) is 5.75 Å². The number of rotatable bonds is 5. The number of hydrogen-bond donors (Lipinski definition) is 1. The van der Waals surface area contributed by atoms with Crippen LogP contribution in [0.25, 0.3) is 10.9 Å². The number of nitrogens with zero attached hydrogens (tertiary/aromatic N) is 4. The van der Waals surface area contributed by atoms with Crippen molar-refractivity contribution in [1.29, 1.82) is 0 Å². The lowest BCUT2D eigenvalue weighted by Crippen LogP contribution is -2.42. The molecule has 1 N–H and O–H groups in total. The van der Waals surface area contributed by atoms with Gasteiger partial charge in [-0.3, -0.25) is 4.79 Å². The molecule has 0 fully saturated rings. The maximum absolute atomic E-state index is 14.1. The first-order valence-corrected chi connectivity index (χ1v) is 11.6. The van der Waals surface area contributed by atoms with E-state index in [0.717, 1.165) is 22.2 Å². The van der Waals surface area contributed by atoms with Gasteiger partial charge in [0.25, 0.3) is 5.91 Å². The van der Waals surface area contributed by atoms with E-state index in [4.69, 9.17) is 9.84 Å². The van der Waals surface area contributed by atoms with Gasteiger partial charge in [-0.15, -0.1) is 0 Å². The number of carbonyl (C=O) groups excluding carboxylic acids is 1. The third kappa shape index (κ3) is 3.74. The predicted octanol–water partition coefficient (Wildman–Crippen LogP) is 4.76. The van der Waals surface area contributed by atoms with Crippen molar-refractivity contribution in [1.82, 2.24) is 4.57 Å². The molecule has 0 aliphatic carbocycles. The topological polar surface area (TPSA) is 70.3 Å². The van der Waals surface area contributed by atoms with E-state index < -0.39 is 6.23 Å². The second-order valence-electron chi connectivity index (χ2n) is 8.59. The van der Waals surface area contributed by atoms with Crippen molar-refractivity contribution in [2.75, 3.05) is 23.6 Å². The van der Waals surface area contributed by atoms with E-state index in [9.17, 15) is 9.90 Å². The lowest BCUT2D eigenvalue weighted by Gasteiger charge is -2.32. The highest BCUT2D eigenvalue weighted by molar-refractivity contribution is 6.51. The lowest BCUT2D eigenvalue weighted by molar-refractivity contribution is -0.112. The molecule has 2 heterocycles. The van der Waals surface area contributed by atoms with Crippen molar-refractivity contribution in [3.05, 3.63) is 89.6 Å². The van der Waals surface area contributed by atoms with Gasteiger partial charge in [-0.05, 0) is 56.3 Å². The third-order valence-corrected chi connectivity index (χ3v) is 6.50. The van der Waals surface area contributed by atoms with Crippen molar-refractivity contribution >= 4 is 33.9 Å². The van der Waals surface area contributed by atoms with Gasteiger partial charge < -0.3 is 19.3 Å². The number of hydrogen-bond acceptors (Lipinski definition) is 5. The van der Waals surface area contributed by atoms with E-state index in [1.165, 1.54) is 5.01 Å². The summed E-state index contributed by atoms with van der Waals surface area (Å²) < 4.78 is 7.39. The molecular weight excluding hydrogens is 440 g/mol. The van der Waals surface area contributed by atoms with Gasteiger partial charge in [0.05, 0.1) is 18.5 Å². The van der Waals surface area contributed by atoms with Crippen LogP contribution in [0, 0.1) is 6.92 Å². The van der Waals surface area contributed by atoms with Crippen LogP contribution < -0.4 is 14.6 Å². The molecule has 1 aliphatic rings. The van der Waals surface area contributed by atoms with E-state index in [0.29, 0.717) is 29.2 Å². The molecule has 178 valence electrons. The summed E-state index contributed by atoms with van der Waals surface area (Å²) in [4.78, 5) is 15.8. The zero-order valence-corrected chi connectivity index (χ0v) is 20.3. The molecule has 0 saturated carbocycles. The number of aliphatic hydroxyl groups is 1. The number of methoxy groups -OCH3 is 1. The molecule has 0 saturated heterocycles. The zero-order chi connectivity index (χ0) is 24.7. The summed E-state index contributed by atoms with van der Waals surface area (Å²) in [6.45, 7) is 4.41. The largest absolute Gasteiger partial charge is 0.497 e. The normalized spacial score (nSPS) is 15.1. The van der Waals surface area contributed by atoms with Gasteiger partial charge in [0.15, 0.2) is 11.9 Å². The Morgan fingerprint density at radius 1 is 1.09 bits per heavy atom. The Morgan fingerprint density at radius 3 is 2.46 bits per heavy atom. The van der Waals surface area contributed by atoms with E-state index >= 15 is 0 Å². The van der Waals surface area contributed by atoms with Crippen LogP contribution in [-0.2, 0) is 11.8 Å². The molecule has 4 aromatic rings. The lowest BCUT2D eigenvalue weighted by atomic mass is 10.0. The molecule has 0 bridgehead atoms. The molecule has 1 unspecified atom stereocenters. The van der Waals surface area contributed by atoms with Crippen molar-refractivity contribution in [2.45, 2.75) is 20.1 Å². The second kappa shape index (κ2) is 8.92. The maximum Gasteiger partial charge on any atom is 0.279 e. The number of carbonyl (C=O) groups is 1. The van der Waals surface area contributed by atoms with Crippen molar-refractivity contribution in [3.63, 3.8) is 0 Å². The van der Waals surface area contributed by atoms with Gasteiger partial charge in [-0.2, -0.15) is 5.10 Å². The first-order chi connectivity index (χ1) is 16.9. The van der Waals surface area contributed by atoms with E-state index in [1.54, 1.807) is 12.0 Å². The van der Waals surface area contributed by atoms with Crippen LogP contribution in [0.15, 0.2) is 77.9 Å². The number of ether oxygens (including phenoxy) is 1. The fourth-order valence-corrected chi connectivity index (χ4v) is 4.68. The molecule has 1 amide bonds. The highest BCUT2D eigenvalue weighted by atomic mass is 16.5. The molecule has 0 spiro atoms. The summed E-state index contributed by atoms with van der Waals surface area (Å²) in [7, 11) is 3.51. The molecule has 0 radical (unpaired) electrons. The Balaban J connectivity index is 1.75. The van der Waals surface area contributed by atoms with Gasteiger partial charge in [-0.25, -0.2) is 5.01 Å². The molecule has 1 atom stereocenters. The number of aromatic nitrogens is 1.